The number of pyridine rings is 6. The van der Waals surface area contributed by atoms with Crippen LogP contribution in [0.4, 0.5) is 26.3 Å². The number of halogens is 6. The Bertz CT molecular complexity index is 4070. The van der Waals surface area contributed by atoms with E-state index in [1.165, 1.54) is 55.1 Å². The van der Waals surface area contributed by atoms with Gasteiger partial charge in [-0.2, -0.15) is 26.3 Å². The standard InChI is InChI=1S/C24H21F3N4O4.C22H22N4O3.C9H8O3.C7H6N2.C6H8N2.C2HF3O2/c25-24(26,27)23(33)31(15-17-5-9-29-10-6-17)21(22(32)30-14-16-3-7-28-8-4-16)18-1-2-19-20(13-18)35-12-11-34-19;27-22(26-15-17-5-9-24-10-6-17)21(25-14-16-3-7-23-8-4-16)18-1-2-19-20(13-18)29-12-11-28-19;10-6-7-1-2-8-9(5-7)12-4-3-11-8;1-8-6-7-2-4-9-5-3-7;7-5-6-1-3-8-4-2-6;3-2(4,5)1(6)7/h1-10,13,21H,11-12,14-15H2,(H,30,32);1-10,13,21,25H,11-12,14-15H2,(H,26,27);1-2,5-6H,3-4H2;2-5H,6H2;1-4H,5,7H2;(H,6,7). The molecule has 520 valence electrons. The maximum atomic E-state index is 13.7. The van der Waals surface area contributed by atoms with Gasteiger partial charge in [-0.15, -0.1) is 0 Å². The van der Waals surface area contributed by atoms with Gasteiger partial charge in [0.15, 0.2) is 34.5 Å². The first-order valence-electron chi connectivity index (χ1n) is 30.3. The molecule has 0 spiro atoms. The van der Waals surface area contributed by atoms with E-state index < -0.39 is 48.8 Å². The number of fused-ring (bicyclic) bond motifs is 3. The number of amides is 3. The van der Waals surface area contributed by atoms with E-state index in [0.29, 0.717) is 110 Å². The van der Waals surface area contributed by atoms with Crippen LogP contribution >= 0.6 is 0 Å². The molecule has 3 aliphatic heterocycles. The average Bonchev–Trinajstić information content (AvgIpc) is 0.791. The lowest BCUT2D eigenvalue weighted by molar-refractivity contribution is -0.192. The van der Waals surface area contributed by atoms with E-state index in [-0.39, 0.29) is 30.4 Å². The predicted octanol–water partition coefficient (Wildman–Crippen LogP) is 9.54. The molecule has 0 fully saturated rings. The van der Waals surface area contributed by atoms with Gasteiger partial charge in [-0.1, -0.05) is 12.1 Å². The largest absolute Gasteiger partial charge is 0.490 e. The molecule has 0 aliphatic carbocycles. The minimum Gasteiger partial charge on any atom is -0.486 e. The van der Waals surface area contributed by atoms with Crippen molar-refractivity contribution < 1.29 is 83.8 Å². The summed E-state index contributed by atoms with van der Waals surface area (Å²) in [7, 11) is 0. The molecule has 30 heteroatoms. The number of nitrogens with zero attached hydrogens (tertiary/aromatic N) is 8. The normalized spacial score (nSPS) is 12.6. The summed E-state index contributed by atoms with van der Waals surface area (Å²) in [4.78, 5) is 85.5. The van der Waals surface area contributed by atoms with E-state index in [1.807, 2.05) is 66.7 Å². The summed E-state index contributed by atoms with van der Waals surface area (Å²) in [5.41, 5.74) is 12.2. The highest BCUT2D eigenvalue weighted by Crippen LogP contribution is 2.37. The molecule has 0 radical (unpaired) electrons. The number of nitrogens with one attached hydrogen (secondary N) is 3. The summed E-state index contributed by atoms with van der Waals surface area (Å²) in [6, 6.07) is 34.4. The number of carboxylic acid groups (broad SMARTS) is 1. The number of ether oxygens (including phenoxy) is 6. The zero-order chi connectivity index (χ0) is 71.5. The van der Waals surface area contributed by atoms with Crippen LogP contribution in [-0.2, 0) is 58.4 Å². The highest BCUT2D eigenvalue weighted by molar-refractivity contribution is 5.91. The zero-order valence-corrected chi connectivity index (χ0v) is 53.1. The van der Waals surface area contributed by atoms with Crippen LogP contribution in [0.25, 0.3) is 4.85 Å². The molecule has 3 aromatic carbocycles. The maximum Gasteiger partial charge on any atom is 0.490 e. The van der Waals surface area contributed by atoms with E-state index in [9.17, 15) is 45.5 Å². The van der Waals surface area contributed by atoms with Gasteiger partial charge in [0.25, 0.3) is 0 Å². The summed E-state index contributed by atoms with van der Waals surface area (Å²) in [5.74, 6) is -2.39. The Labute approximate surface area is 569 Å². The number of aldehydes is 1. The first-order valence-corrected chi connectivity index (χ1v) is 30.3. The third-order valence-electron chi connectivity index (χ3n) is 13.8. The Balaban J connectivity index is 0.000000190. The highest BCUT2D eigenvalue weighted by atomic mass is 19.4. The van der Waals surface area contributed by atoms with Gasteiger partial charge in [0.2, 0.25) is 18.4 Å². The molecule has 12 rings (SSSR count). The van der Waals surface area contributed by atoms with Crippen molar-refractivity contribution in [3.8, 4) is 34.5 Å². The molecule has 100 heavy (non-hydrogen) atoms. The fourth-order valence-electron chi connectivity index (χ4n) is 8.96. The summed E-state index contributed by atoms with van der Waals surface area (Å²) in [6.45, 7) is 10.9. The molecule has 9 heterocycles. The molecule has 24 nitrogen and oxygen atoms in total. The Morgan fingerprint density at radius 1 is 0.490 bits per heavy atom. The number of alkyl halides is 6. The second-order valence-electron chi connectivity index (χ2n) is 20.9. The zero-order valence-electron chi connectivity index (χ0n) is 53.1. The van der Waals surface area contributed by atoms with E-state index in [1.54, 1.807) is 79.9 Å². The van der Waals surface area contributed by atoms with Gasteiger partial charge < -0.3 is 59.6 Å². The average molecular weight is 1380 g/mol. The van der Waals surface area contributed by atoms with Crippen LogP contribution in [0.3, 0.4) is 0 Å². The molecule has 6 N–H and O–H groups in total. The van der Waals surface area contributed by atoms with Crippen LogP contribution < -0.4 is 50.1 Å². The smallest absolute Gasteiger partial charge is 0.486 e. The topological polar surface area (TPSA) is 308 Å². The summed E-state index contributed by atoms with van der Waals surface area (Å²) in [5, 5.41) is 16.1. The number of hydrogen-bond acceptors (Lipinski definition) is 19. The second-order valence-corrected chi connectivity index (χ2v) is 20.9. The molecule has 3 amide bonds. The Kier molecular flexibility index (Phi) is 29.5. The molecular formula is C70H66F6N12O12. The number of hydrogen-bond donors (Lipinski definition) is 5. The Morgan fingerprint density at radius 3 is 1.25 bits per heavy atom. The van der Waals surface area contributed by atoms with Crippen LogP contribution in [-0.4, -0.2) is 122 Å². The van der Waals surface area contributed by atoms with E-state index in [0.717, 1.165) is 34.1 Å². The third kappa shape index (κ3) is 24.8. The van der Waals surface area contributed by atoms with Crippen molar-refractivity contribution in [3.05, 3.63) is 263 Å². The lowest BCUT2D eigenvalue weighted by atomic mass is 10.0. The number of aliphatic carboxylic acids is 1. The van der Waals surface area contributed by atoms with Crippen LogP contribution in [0.5, 0.6) is 34.5 Å². The Morgan fingerprint density at radius 2 is 0.850 bits per heavy atom. The van der Waals surface area contributed by atoms with Crippen molar-refractivity contribution in [2.24, 2.45) is 5.73 Å². The van der Waals surface area contributed by atoms with Crippen LogP contribution in [0.1, 0.15) is 66.9 Å². The minimum atomic E-state index is -5.20. The van der Waals surface area contributed by atoms with E-state index in [4.69, 9.17) is 50.6 Å². The lowest BCUT2D eigenvalue weighted by Crippen LogP contribution is -2.48. The van der Waals surface area contributed by atoms with Crippen LogP contribution in [0.2, 0.25) is 0 Å². The molecule has 3 aliphatic rings. The van der Waals surface area contributed by atoms with Crippen molar-refractivity contribution in [3.63, 3.8) is 0 Å². The third-order valence-corrected chi connectivity index (χ3v) is 13.8. The molecule has 0 bridgehead atoms. The van der Waals surface area contributed by atoms with Crippen molar-refractivity contribution in [1.29, 1.82) is 0 Å². The SMILES string of the molecule is NCc1ccncc1.O=C(NCc1ccncc1)C(NCc1ccncc1)c1ccc2c(c1)OCCO2.O=C(NCc1ccncc1)C(c1ccc2c(c1)OCCO2)N(Cc1ccncc1)C(=O)C(F)(F)F.O=C(O)C(F)(F)F.O=Cc1ccc2c(c1)OCCO2.[C-]#[N+]Cc1ccncc1. The quantitative estimate of drug-likeness (QED) is 0.0322. The van der Waals surface area contributed by atoms with E-state index in [2.05, 4.69) is 50.7 Å². The molecule has 0 saturated carbocycles. The van der Waals surface area contributed by atoms with Crippen molar-refractivity contribution in [2.75, 3.05) is 39.6 Å². The van der Waals surface area contributed by atoms with Gasteiger partial charge in [-0.05, 0) is 154 Å². The van der Waals surface area contributed by atoms with Crippen LogP contribution in [0, 0.1) is 6.57 Å². The monoisotopic (exact) mass is 1380 g/mol. The lowest BCUT2D eigenvalue weighted by Gasteiger charge is -2.32. The van der Waals surface area contributed by atoms with Crippen molar-refractivity contribution >= 4 is 30.0 Å². The first kappa shape index (κ1) is 75.3. The number of rotatable bonds is 17. The van der Waals surface area contributed by atoms with Gasteiger partial charge in [-0.3, -0.25) is 54.4 Å². The molecule has 2 unspecified atom stereocenters. The molecule has 9 aromatic rings. The number of carboxylic acids is 1. The number of aromatic nitrogens is 6. The highest BCUT2D eigenvalue weighted by Gasteiger charge is 2.47. The van der Waals surface area contributed by atoms with Crippen molar-refractivity contribution in [1.82, 2.24) is 50.8 Å². The molecule has 6 aromatic heterocycles. The molecular weight excluding hydrogens is 1310 g/mol. The fourth-order valence-corrected chi connectivity index (χ4v) is 8.96. The minimum absolute atomic E-state index is 0.0334. The summed E-state index contributed by atoms with van der Waals surface area (Å²) >= 11 is 0. The van der Waals surface area contributed by atoms with Gasteiger partial charge in [0.1, 0.15) is 58.0 Å². The summed E-state index contributed by atoms with van der Waals surface area (Å²) < 4.78 is 106. The number of benzene rings is 3. The number of nitrogens with two attached hydrogens (primary N) is 1. The van der Waals surface area contributed by atoms with Gasteiger partial charge in [0.05, 0.1) is 0 Å². The van der Waals surface area contributed by atoms with Crippen molar-refractivity contribution in [2.45, 2.75) is 63.7 Å². The molecule has 2 atom stereocenters. The Hall–Kier alpha value is -12.1. The first-order chi connectivity index (χ1) is 48.3. The fraction of sp³-hybridized carbons (Fsp3) is 0.229. The second kappa shape index (κ2) is 39.2. The number of carbonyl (C=O) groups is 5. The van der Waals surface area contributed by atoms with Gasteiger partial charge in [-0.25, -0.2) is 11.4 Å². The van der Waals surface area contributed by atoms with Gasteiger partial charge >= 0.3 is 24.2 Å². The molecule has 0 saturated heterocycles. The van der Waals surface area contributed by atoms with Gasteiger partial charge in [0, 0.05) is 118 Å². The summed E-state index contributed by atoms with van der Waals surface area (Å²) in [6.07, 6.45) is 10.1. The number of carbonyl (C=O) groups excluding carboxylic acids is 4. The van der Waals surface area contributed by atoms with Crippen LogP contribution in [0.15, 0.2) is 202 Å². The predicted molar refractivity (Wildman–Crippen MR) is 348 cm³/mol. The maximum absolute atomic E-state index is 13.7. The van der Waals surface area contributed by atoms with E-state index >= 15 is 0 Å².